The van der Waals surface area contributed by atoms with E-state index in [4.69, 9.17) is 14.6 Å². The first-order chi connectivity index (χ1) is 24.9. The lowest BCUT2D eigenvalue weighted by Gasteiger charge is -2.72. The second-order valence-corrected chi connectivity index (χ2v) is 14.9. The van der Waals surface area contributed by atoms with Crippen molar-refractivity contribution in [2.75, 3.05) is 32.2 Å². The van der Waals surface area contributed by atoms with E-state index in [1.54, 1.807) is 27.8 Å². The standard InChI is InChI=1S/C36H42FN9O6/c1-6-22-29(43-11-12-44(24-8-7-23(24)43)34(50)27-30(48)21(37)14-39-33(27)52-5)31(49)28-32(42-46(41-28)20-9-10-38-26(13-20)51-4)45(22)15-25(47)40-36-16-35(17-36,18-36)19(2)3/h9-10,13-14,19,23-24H,6-8,11-12,15-18H2,1-5H3,(H,39,48)(H,40,47)/t23-,24-,35?,36?/m0/s1. The molecule has 0 radical (unpaired) electrons. The van der Waals surface area contributed by atoms with Gasteiger partial charge in [-0.05, 0) is 55.9 Å². The second-order valence-electron chi connectivity index (χ2n) is 14.9. The van der Waals surface area contributed by atoms with Crippen molar-refractivity contribution in [2.45, 2.75) is 83.5 Å². The number of ether oxygens (including phenoxy) is 2. The molecule has 0 aromatic carbocycles. The zero-order valence-electron chi connectivity index (χ0n) is 29.9. The summed E-state index contributed by atoms with van der Waals surface area (Å²) in [6, 6.07) is 2.75. The quantitative estimate of drug-likeness (QED) is 0.249. The number of piperazine rings is 1. The highest BCUT2D eigenvalue weighted by Gasteiger charge is 2.69. The van der Waals surface area contributed by atoms with Crippen LogP contribution in [0.1, 0.15) is 68.9 Å². The van der Waals surface area contributed by atoms with Crippen molar-refractivity contribution in [3.8, 4) is 17.4 Å². The van der Waals surface area contributed by atoms with E-state index < -0.39 is 22.7 Å². The van der Waals surface area contributed by atoms with Gasteiger partial charge in [-0.2, -0.15) is 0 Å². The Morgan fingerprint density at radius 2 is 1.83 bits per heavy atom. The highest BCUT2D eigenvalue weighted by molar-refractivity contribution is 5.97. The van der Waals surface area contributed by atoms with Crippen molar-refractivity contribution in [2.24, 2.45) is 11.3 Å². The molecule has 9 rings (SSSR count). The molecule has 2 amide bonds. The van der Waals surface area contributed by atoms with Crippen LogP contribution in [-0.2, 0) is 17.8 Å². The number of fused-ring (bicyclic) bond motifs is 2. The smallest absolute Gasteiger partial charge is 0.263 e. The molecule has 5 fully saturated rings. The van der Waals surface area contributed by atoms with Crippen molar-refractivity contribution in [3.63, 3.8) is 0 Å². The summed E-state index contributed by atoms with van der Waals surface area (Å²) in [7, 11) is 2.81. The number of halogens is 1. The van der Waals surface area contributed by atoms with Gasteiger partial charge in [-0.15, -0.1) is 15.0 Å². The molecule has 5 aliphatic rings. The first-order valence-electron chi connectivity index (χ1n) is 17.8. The Hall–Kier alpha value is -5.28. The molecule has 1 aliphatic heterocycles. The molecule has 0 unspecified atom stereocenters. The van der Waals surface area contributed by atoms with Gasteiger partial charge in [0.1, 0.15) is 17.8 Å². The summed E-state index contributed by atoms with van der Waals surface area (Å²) >= 11 is 0. The summed E-state index contributed by atoms with van der Waals surface area (Å²) in [5.41, 5.74) is 0.325. The SMILES string of the molecule is CCc1c(N2CCN(C(=O)c3c(OC)[nH]cc(F)c3=O)[C@H]3CC[C@@H]32)c(=O)c2nn(-c3ccnc(OC)c3)nc2n1CC(=O)NC12CC(C(C)C)(C1)C2. The third kappa shape index (κ3) is 5.00. The van der Waals surface area contributed by atoms with Crippen LogP contribution in [0.4, 0.5) is 10.1 Å². The van der Waals surface area contributed by atoms with E-state index >= 15 is 0 Å². The molecule has 1 saturated heterocycles. The molecular weight excluding hydrogens is 673 g/mol. The Morgan fingerprint density at radius 3 is 2.48 bits per heavy atom. The summed E-state index contributed by atoms with van der Waals surface area (Å²) < 4.78 is 26.6. The Morgan fingerprint density at radius 1 is 1.08 bits per heavy atom. The number of amides is 2. The molecule has 5 heterocycles. The average Bonchev–Trinajstić information content (AvgIpc) is 3.54. The Labute approximate surface area is 298 Å². The maximum Gasteiger partial charge on any atom is 0.263 e. The number of carbonyl (C=O) groups is 2. The molecule has 4 aliphatic carbocycles. The average molecular weight is 716 g/mol. The van der Waals surface area contributed by atoms with Crippen LogP contribution in [0.5, 0.6) is 11.8 Å². The number of carbonyl (C=O) groups excluding carboxylic acids is 2. The van der Waals surface area contributed by atoms with Crippen LogP contribution in [0.3, 0.4) is 0 Å². The molecule has 2 atom stereocenters. The predicted molar refractivity (Wildman–Crippen MR) is 188 cm³/mol. The monoisotopic (exact) mass is 715 g/mol. The summed E-state index contributed by atoms with van der Waals surface area (Å²) in [4.78, 5) is 66.7. The van der Waals surface area contributed by atoms with E-state index in [2.05, 4.69) is 34.2 Å². The zero-order chi connectivity index (χ0) is 36.7. The molecule has 52 heavy (non-hydrogen) atoms. The van der Waals surface area contributed by atoms with Gasteiger partial charge in [0.2, 0.25) is 28.5 Å². The van der Waals surface area contributed by atoms with Crippen LogP contribution in [0.2, 0.25) is 0 Å². The summed E-state index contributed by atoms with van der Waals surface area (Å²) in [6.07, 6.45) is 7.05. The number of pyridine rings is 3. The number of aromatic amines is 1. The highest BCUT2D eigenvalue weighted by Crippen LogP contribution is 2.70. The molecule has 0 spiro atoms. The van der Waals surface area contributed by atoms with E-state index in [1.165, 1.54) is 19.0 Å². The fourth-order valence-corrected chi connectivity index (χ4v) is 9.05. The van der Waals surface area contributed by atoms with Gasteiger partial charge in [0.15, 0.2) is 17.0 Å². The number of nitrogens with one attached hydrogen (secondary N) is 2. The first-order valence-corrected chi connectivity index (χ1v) is 17.8. The third-order valence-corrected chi connectivity index (χ3v) is 11.9. The lowest BCUT2D eigenvalue weighted by atomic mass is 9.36. The van der Waals surface area contributed by atoms with Crippen LogP contribution < -0.4 is 30.5 Å². The lowest BCUT2D eigenvalue weighted by molar-refractivity contribution is -0.187. The van der Waals surface area contributed by atoms with Crippen molar-refractivity contribution in [3.05, 3.63) is 62.0 Å². The Kier molecular flexibility index (Phi) is 7.91. The summed E-state index contributed by atoms with van der Waals surface area (Å²) in [6.45, 7) is 6.78. The van der Waals surface area contributed by atoms with Gasteiger partial charge < -0.3 is 34.1 Å². The summed E-state index contributed by atoms with van der Waals surface area (Å²) in [5, 5.41) is 12.7. The van der Waals surface area contributed by atoms with Crippen LogP contribution in [-0.4, -0.2) is 91.2 Å². The van der Waals surface area contributed by atoms with Gasteiger partial charge in [0.25, 0.3) is 5.91 Å². The van der Waals surface area contributed by atoms with Gasteiger partial charge in [0, 0.05) is 48.8 Å². The van der Waals surface area contributed by atoms with Crippen molar-refractivity contribution >= 4 is 28.7 Å². The number of H-pyrrole nitrogens is 1. The third-order valence-electron chi connectivity index (χ3n) is 11.9. The van der Waals surface area contributed by atoms with E-state index in [9.17, 15) is 23.6 Å². The summed E-state index contributed by atoms with van der Waals surface area (Å²) in [5.74, 6) is -1.07. The van der Waals surface area contributed by atoms with Crippen LogP contribution in [0.15, 0.2) is 34.1 Å². The maximum absolute atomic E-state index is 14.6. The van der Waals surface area contributed by atoms with Crippen molar-refractivity contribution in [1.29, 1.82) is 0 Å². The second kappa shape index (κ2) is 12.2. The Bertz CT molecular complexity index is 2230. The van der Waals surface area contributed by atoms with E-state index in [-0.39, 0.29) is 65.6 Å². The number of methoxy groups -OCH3 is 2. The lowest BCUT2D eigenvalue weighted by Crippen LogP contribution is -2.76. The van der Waals surface area contributed by atoms with Crippen LogP contribution >= 0.6 is 0 Å². The molecule has 2 bridgehead atoms. The molecule has 2 N–H and O–H groups in total. The molecular formula is C36H42FN9O6. The van der Waals surface area contributed by atoms with Crippen LogP contribution in [0.25, 0.3) is 16.9 Å². The largest absolute Gasteiger partial charge is 0.482 e. The van der Waals surface area contributed by atoms with Gasteiger partial charge in [-0.3, -0.25) is 19.2 Å². The fraction of sp³-hybridized carbons (Fsp3) is 0.528. The molecule has 274 valence electrons. The van der Waals surface area contributed by atoms with E-state index in [0.29, 0.717) is 53.5 Å². The molecule has 4 aromatic heterocycles. The first kappa shape index (κ1) is 33.8. The maximum atomic E-state index is 14.6. The fourth-order valence-electron chi connectivity index (χ4n) is 9.05. The van der Waals surface area contributed by atoms with Gasteiger partial charge >= 0.3 is 0 Å². The predicted octanol–water partition coefficient (Wildman–Crippen LogP) is 2.57. The normalized spacial score (nSPS) is 24.5. The molecule has 16 heteroatoms. The number of aromatic nitrogens is 6. The van der Waals surface area contributed by atoms with Crippen molar-refractivity contribution in [1.82, 2.24) is 39.7 Å². The van der Waals surface area contributed by atoms with Gasteiger partial charge in [0.05, 0.1) is 25.9 Å². The van der Waals surface area contributed by atoms with E-state index in [0.717, 1.165) is 25.5 Å². The number of hydrogen-bond acceptors (Lipinski definition) is 10. The van der Waals surface area contributed by atoms with Crippen LogP contribution in [0, 0.1) is 17.2 Å². The Balaban J connectivity index is 1.17. The number of rotatable bonds is 10. The number of hydrogen-bond donors (Lipinski definition) is 2. The topological polar surface area (TPSA) is 170 Å². The van der Waals surface area contributed by atoms with Gasteiger partial charge in [-0.25, -0.2) is 9.37 Å². The molecule has 15 nitrogen and oxygen atoms in total. The molecule has 4 saturated carbocycles. The molecule has 4 aromatic rings. The van der Waals surface area contributed by atoms with Gasteiger partial charge in [-0.1, -0.05) is 20.8 Å². The van der Waals surface area contributed by atoms with Crippen molar-refractivity contribution < 1.29 is 23.5 Å². The number of anilines is 1. The number of nitrogens with zero attached hydrogens (tertiary/aromatic N) is 7. The minimum Gasteiger partial charge on any atom is -0.482 e. The van der Waals surface area contributed by atoms with E-state index in [1.807, 2.05) is 11.8 Å². The minimum atomic E-state index is -1.08. The zero-order valence-corrected chi connectivity index (χ0v) is 29.9. The highest BCUT2D eigenvalue weighted by atomic mass is 19.1. The minimum absolute atomic E-state index is 0.0591.